The van der Waals surface area contributed by atoms with E-state index in [-0.39, 0.29) is 37.4 Å². The van der Waals surface area contributed by atoms with Crippen LogP contribution in [0.4, 0.5) is 10.5 Å². The minimum atomic E-state index is -0.293. The van der Waals surface area contributed by atoms with Crippen LogP contribution in [0, 0.1) is 3.57 Å². The highest BCUT2D eigenvalue weighted by Crippen LogP contribution is 2.13. The minimum absolute atomic E-state index is 0.119. The number of nitrogens with zero attached hydrogens (tertiary/aromatic N) is 2. The number of hydrogen-bond donors (Lipinski definition) is 1. The molecule has 0 aliphatic carbocycles. The Morgan fingerprint density at radius 1 is 1.38 bits per heavy atom. The minimum Gasteiger partial charge on any atom is -0.326 e. The molecule has 1 fully saturated rings. The van der Waals surface area contributed by atoms with Crippen molar-refractivity contribution >= 4 is 46.1 Å². The van der Waals surface area contributed by atoms with Crippen molar-refractivity contribution in [3.05, 3.63) is 27.8 Å². The van der Waals surface area contributed by atoms with E-state index in [1.807, 2.05) is 24.3 Å². The van der Waals surface area contributed by atoms with Gasteiger partial charge in [0.25, 0.3) is 0 Å². The lowest BCUT2D eigenvalue weighted by Crippen LogP contribution is -2.32. The van der Waals surface area contributed by atoms with Crippen molar-refractivity contribution in [2.45, 2.75) is 12.8 Å². The maximum Gasteiger partial charge on any atom is 0.326 e. The summed E-state index contributed by atoms with van der Waals surface area (Å²) >= 11 is 2.18. The number of anilines is 1. The first-order valence-corrected chi connectivity index (χ1v) is 7.66. The second-order valence-corrected chi connectivity index (χ2v) is 6.09. The highest BCUT2D eigenvalue weighted by Gasteiger charge is 2.32. The van der Waals surface area contributed by atoms with Gasteiger partial charge in [0.15, 0.2) is 0 Å². The molecule has 4 amide bonds. The number of likely N-dealkylation sites (N-methyl/N-ethyl adjacent to an activating group) is 1. The SMILES string of the molecule is CN1CC(=O)N(CCCC(=O)Nc2cccc(I)c2)C1=O. The number of carbonyl (C=O) groups excluding carboxylic acids is 3. The van der Waals surface area contributed by atoms with Crippen LogP contribution in [0.25, 0.3) is 0 Å². The third-order valence-electron chi connectivity index (χ3n) is 3.12. The fourth-order valence-electron chi connectivity index (χ4n) is 2.08. The van der Waals surface area contributed by atoms with E-state index in [0.29, 0.717) is 6.42 Å². The van der Waals surface area contributed by atoms with Gasteiger partial charge in [0.05, 0.1) is 0 Å². The quantitative estimate of drug-likeness (QED) is 0.606. The molecule has 1 aromatic carbocycles. The number of nitrogens with one attached hydrogen (secondary N) is 1. The van der Waals surface area contributed by atoms with Crippen LogP contribution in [0.1, 0.15) is 12.8 Å². The number of amides is 4. The van der Waals surface area contributed by atoms with Crippen molar-refractivity contribution in [2.24, 2.45) is 0 Å². The maximum absolute atomic E-state index is 11.8. The van der Waals surface area contributed by atoms with Gasteiger partial charge in [0.2, 0.25) is 11.8 Å². The monoisotopic (exact) mass is 401 g/mol. The molecule has 1 heterocycles. The summed E-state index contributed by atoms with van der Waals surface area (Å²) in [5.74, 6) is -0.329. The van der Waals surface area contributed by atoms with Crippen molar-refractivity contribution < 1.29 is 14.4 Å². The van der Waals surface area contributed by atoms with Crippen molar-refractivity contribution in [3.63, 3.8) is 0 Å². The molecule has 0 bridgehead atoms. The number of hydrogen-bond acceptors (Lipinski definition) is 3. The Morgan fingerprint density at radius 3 is 2.76 bits per heavy atom. The van der Waals surface area contributed by atoms with Gasteiger partial charge in [-0.3, -0.25) is 14.5 Å². The summed E-state index contributed by atoms with van der Waals surface area (Å²) < 4.78 is 1.04. The first-order valence-electron chi connectivity index (χ1n) is 6.58. The van der Waals surface area contributed by atoms with Crippen molar-refractivity contribution in [1.82, 2.24) is 9.80 Å². The maximum atomic E-state index is 11.8. The highest BCUT2D eigenvalue weighted by molar-refractivity contribution is 14.1. The standard InChI is InChI=1S/C14H16IN3O3/c1-17-9-13(20)18(14(17)21)7-3-6-12(19)16-11-5-2-4-10(15)8-11/h2,4-5,8H,3,6-7,9H2,1H3,(H,16,19). The molecule has 7 heteroatoms. The third kappa shape index (κ3) is 4.16. The second kappa shape index (κ2) is 6.88. The smallest absolute Gasteiger partial charge is 0.326 e. The first-order chi connectivity index (χ1) is 9.97. The number of halogens is 1. The molecule has 1 N–H and O–H groups in total. The number of urea groups is 1. The second-order valence-electron chi connectivity index (χ2n) is 4.85. The van der Waals surface area contributed by atoms with Gasteiger partial charge in [0, 0.05) is 29.3 Å². The molecule has 0 saturated carbocycles. The van der Waals surface area contributed by atoms with E-state index in [1.54, 1.807) is 7.05 Å². The molecular weight excluding hydrogens is 385 g/mol. The van der Waals surface area contributed by atoms with Gasteiger partial charge < -0.3 is 10.2 Å². The molecule has 21 heavy (non-hydrogen) atoms. The van der Waals surface area contributed by atoms with Gasteiger partial charge in [-0.25, -0.2) is 4.79 Å². The Hall–Kier alpha value is -1.64. The zero-order chi connectivity index (χ0) is 15.4. The summed E-state index contributed by atoms with van der Waals surface area (Å²) in [5, 5.41) is 2.80. The van der Waals surface area contributed by atoms with Gasteiger partial charge in [-0.2, -0.15) is 0 Å². The van der Waals surface area contributed by atoms with Crippen molar-refractivity contribution in [3.8, 4) is 0 Å². The van der Waals surface area contributed by atoms with E-state index in [1.165, 1.54) is 9.80 Å². The summed E-state index contributed by atoms with van der Waals surface area (Å²) in [5.41, 5.74) is 0.750. The molecular formula is C14H16IN3O3. The van der Waals surface area contributed by atoms with E-state index in [0.717, 1.165) is 9.26 Å². The zero-order valence-electron chi connectivity index (χ0n) is 11.6. The van der Waals surface area contributed by atoms with Crippen LogP contribution < -0.4 is 5.32 Å². The average molecular weight is 401 g/mol. The lowest BCUT2D eigenvalue weighted by molar-refractivity contribution is -0.125. The van der Waals surface area contributed by atoms with Crippen LogP contribution in [0.5, 0.6) is 0 Å². The third-order valence-corrected chi connectivity index (χ3v) is 3.80. The summed E-state index contributed by atoms with van der Waals surface area (Å²) in [6, 6.07) is 7.22. The van der Waals surface area contributed by atoms with Crippen molar-refractivity contribution in [1.29, 1.82) is 0 Å². The topological polar surface area (TPSA) is 69.7 Å². The van der Waals surface area contributed by atoms with E-state index < -0.39 is 0 Å². The summed E-state index contributed by atoms with van der Waals surface area (Å²) in [4.78, 5) is 37.6. The van der Waals surface area contributed by atoms with Gasteiger partial charge in [-0.15, -0.1) is 0 Å². The fraction of sp³-hybridized carbons (Fsp3) is 0.357. The Morgan fingerprint density at radius 2 is 2.14 bits per heavy atom. The number of imide groups is 1. The van der Waals surface area contributed by atoms with E-state index in [2.05, 4.69) is 27.9 Å². The first kappa shape index (κ1) is 15.7. The lowest BCUT2D eigenvalue weighted by Gasteiger charge is -2.13. The summed E-state index contributed by atoms with van der Waals surface area (Å²) in [6.45, 7) is 0.398. The molecule has 1 saturated heterocycles. The Labute approximate surface area is 136 Å². The molecule has 0 radical (unpaired) electrons. The Bertz CT molecular complexity index is 576. The normalized spacial score (nSPS) is 14.8. The predicted molar refractivity (Wildman–Crippen MR) is 86.8 cm³/mol. The van der Waals surface area contributed by atoms with Crippen LogP contribution in [-0.2, 0) is 9.59 Å². The Kier molecular flexibility index (Phi) is 5.16. The molecule has 1 aromatic rings. The number of rotatable bonds is 5. The van der Waals surface area contributed by atoms with E-state index in [9.17, 15) is 14.4 Å². The van der Waals surface area contributed by atoms with E-state index in [4.69, 9.17) is 0 Å². The molecule has 0 unspecified atom stereocenters. The molecule has 112 valence electrons. The van der Waals surface area contributed by atoms with Crippen LogP contribution in [0.2, 0.25) is 0 Å². The van der Waals surface area contributed by atoms with Crippen LogP contribution in [0.15, 0.2) is 24.3 Å². The molecule has 0 aromatic heterocycles. The molecule has 6 nitrogen and oxygen atoms in total. The van der Waals surface area contributed by atoms with Gasteiger partial charge >= 0.3 is 6.03 Å². The summed E-state index contributed by atoms with van der Waals surface area (Å²) in [6.07, 6.45) is 0.729. The predicted octanol–water partition coefficient (Wildman–Crippen LogP) is 1.90. The highest BCUT2D eigenvalue weighted by atomic mass is 127. The lowest BCUT2D eigenvalue weighted by atomic mass is 10.2. The van der Waals surface area contributed by atoms with Gasteiger partial charge in [-0.1, -0.05) is 6.07 Å². The molecule has 1 aliphatic rings. The number of benzene rings is 1. The van der Waals surface area contributed by atoms with Crippen molar-refractivity contribution in [2.75, 3.05) is 25.5 Å². The average Bonchev–Trinajstić information content (AvgIpc) is 2.65. The zero-order valence-corrected chi connectivity index (χ0v) is 13.8. The Balaban J connectivity index is 1.77. The van der Waals surface area contributed by atoms with Gasteiger partial charge in [0.1, 0.15) is 6.54 Å². The van der Waals surface area contributed by atoms with Gasteiger partial charge in [-0.05, 0) is 47.2 Å². The molecule has 1 aliphatic heterocycles. The molecule has 0 atom stereocenters. The van der Waals surface area contributed by atoms with Crippen LogP contribution in [-0.4, -0.2) is 47.8 Å². The van der Waals surface area contributed by atoms with Crippen LogP contribution in [0.3, 0.4) is 0 Å². The largest absolute Gasteiger partial charge is 0.326 e. The molecule has 2 rings (SSSR count). The summed E-state index contributed by atoms with van der Waals surface area (Å²) in [7, 11) is 1.59. The van der Waals surface area contributed by atoms with Crippen LogP contribution >= 0.6 is 22.6 Å². The van der Waals surface area contributed by atoms with E-state index >= 15 is 0 Å². The fourth-order valence-corrected chi connectivity index (χ4v) is 2.62. The number of carbonyl (C=O) groups is 3. The molecule has 0 spiro atoms.